The van der Waals surface area contributed by atoms with E-state index in [1.54, 1.807) is 11.3 Å². The summed E-state index contributed by atoms with van der Waals surface area (Å²) in [5, 5.41) is 3.67. The lowest BCUT2D eigenvalue weighted by Gasteiger charge is -2.20. The van der Waals surface area contributed by atoms with Gasteiger partial charge in [0.1, 0.15) is 5.01 Å². The van der Waals surface area contributed by atoms with Gasteiger partial charge in [0.05, 0.1) is 15.8 Å². The van der Waals surface area contributed by atoms with Crippen LogP contribution < -0.4 is 5.32 Å². The number of amides is 1. The SMILES string of the molecule is CC(C)(NC=O)c1nc2c(Br)cccc2s1. The summed E-state index contributed by atoms with van der Waals surface area (Å²) in [6, 6.07) is 5.97. The van der Waals surface area contributed by atoms with Crippen molar-refractivity contribution in [2.24, 2.45) is 0 Å². The molecule has 0 aliphatic carbocycles. The lowest BCUT2D eigenvalue weighted by molar-refractivity contribution is -0.111. The Morgan fingerprint density at radius 2 is 2.25 bits per heavy atom. The number of hydrogen-bond donors (Lipinski definition) is 1. The van der Waals surface area contributed by atoms with Crippen LogP contribution in [-0.2, 0) is 10.3 Å². The summed E-state index contributed by atoms with van der Waals surface area (Å²) in [7, 11) is 0. The van der Waals surface area contributed by atoms with Crippen molar-refractivity contribution in [1.29, 1.82) is 0 Å². The van der Waals surface area contributed by atoms with E-state index in [0.29, 0.717) is 6.41 Å². The molecule has 1 aromatic carbocycles. The lowest BCUT2D eigenvalue weighted by atomic mass is 10.1. The quantitative estimate of drug-likeness (QED) is 0.885. The van der Waals surface area contributed by atoms with Gasteiger partial charge in [0, 0.05) is 4.47 Å². The Kier molecular flexibility index (Phi) is 2.99. The predicted molar refractivity (Wildman–Crippen MR) is 69.5 cm³/mol. The van der Waals surface area contributed by atoms with Crippen LogP contribution in [0.25, 0.3) is 10.2 Å². The standard InChI is InChI=1S/C11H11BrN2OS/c1-11(2,13-6-15)10-14-9-7(12)4-3-5-8(9)16-10/h3-6H,1-2H3,(H,13,15). The molecule has 1 N–H and O–H groups in total. The van der Waals surface area contributed by atoms with Crippen molar-refractivity contribution >= 4 is 43.9 Å². The molecule has 5 heteroatoms. The van der Waals surface area contributed by atoms with E-state index in [9.17, 15) is 4.79 Å². The fourth-order valence-corrected chi connectivity index (χ4v) is 3.04. The molecule has 0 aliphatic heterocycles. The van der Waals surface area contributed by atoms with Crippen LogP contribution in [0.2, 0.25) is 0 Å². The highest BCUT2D eigenvalue weighted by Crippen LogP contribution is 2.32. The van der Waals surface area contributed by atoms with Gasteiger partial charge in [-0.05, 0) is 41.9 Å². The van der Waals surface area contributed by atoms with Gasteiger partial charge in [-0.15, -0.1) is 11.3 Å². The number of halogens is 1. The number of fused-ring (bicyclic) bond motifs is 1. The number of para-hydroxylation sites is 1. The van der Waals surface area contributed by atoms with Gasteiger partial charge in [0.15, 0.2) is 0 Å². The zero-order valence-corrected chi connectivity index (χ0v) is 11.4. The van der Waals surface area contributed by atoms with Crippen molar-refractivity contribution in [1.82, 2.24) is 10.3 Å². The number of aromatic nitrogens is 1. The minimum atomic E-state index is -0.426. The summed E-state index contributed by atoms with van der Waals surface area (Å²) in [4.78, 5) is 15.1. The van der Waals surface area contributed by atoms with Crippen LogP contribution in [0.5, 0.6) is 0 Å². The highest BCUT2D eigenvalue weighted by atomic mass is 79.9. The molecule has 0 spiro atoms. The highest BCUT2D eigenvalue weighted by molar-refractivity contribution is 9.10. The molecule has 1 amide bonds. The van der Waals surface area contributed by atoms with Gasteiger partial charge >= 0.3 is 0 Å². The van der Waals surface area contributed by atoms with E-state index in [2.05, 4.69) is 26.2 Å². The summed E-state index contributed by atoms with van der Waals surface area (Å²) < 4.78 is 2.10. The molecule has 0 atom stereocenters. The largest absolute Gasteiger partial charge is 0.347 e. The van der Waals surface area contributed by atoms with E-state index < -0.39 is 5.54 Å². The monoisotopic (exact) mass is 298 g/mol. The van der Waals surface area contributed by atoms with Gasteiger partial charge in [-0.3, -0.25) is 4.79 Å². The van der Waals surface area contributed by atoms with Gasteiger partial charge in [0.25, 0.3) is 0 Å². The van der Waals surface area contributed by atoms with Gasteiger partial charge in [0.2, 0.25) is 6.41 Å². The van der Waals surface area contributed by atoms with Gasteiger partial charge < -0.3 is 5.32 Å². The number of carbonyl (C=O) groups is 1. The summed E-state index contributed by atoms with van der Waals surface area (Å²) in [6.45, 7) is 3.88. The predicted octanol–water partition coefficient (Wildman–Crippen LogP) is 3.04. The number of hydrogen-bond acceptors (Lipinski definition) is 3. The minimum absolute atomic E-state index is 0.426. The third-order valence-electron chi connectivity index (χ3n) is 2.32. The van der Waals surface area contributed by atoms with Crippen LogP contribution in [0.3, 0.4) is 0 Å². The first-order valence-electron chi connectivity index (χ1n) is 4.81. The van der Waals surface area contributed by atoms with Crippen LogP contribution in [-0.4, -0.2) is 11.4 Å². The Hall–Kier alpha value is -0.940. The molecule has 16 heavy (non-hydrogen) atoms. The summed E-state index contributed by atoms with van der Waals surface area (Å²) in [5.74, 6) is 0. The van der Waals surface area contributed by atoms with Crippen LogP contribution in [0.15, 0.2) is 22.7 Å². The Morgan fingerprint density at radius 3 is 2.88 bits per heavy atom. The number of rotatable bonds is 3. The first kappa shape index (κ1) is 11.5. The lowest BCUT2D eigenvalue weighted by Crippen LogP contribution is -2.35. The molecule has 84 valence electrons. The van der Waals surface area contributed by atoms with E-state index in [1.807, 2.05) is 32.0 Å². The molecule has 0 saturated carbocycles. The smallest absolute Gasteiger partial charge is 0.207 e. The molecule has 3 nitrogen and oxygen atoms in total. The number of thiazole rings is 1. The van der Waals surface area contributed by atoms with Crippen LogP contribution >= 0.6 is 27.3 Å². The van der Waals surface area contributed by atoms with Crippen molar-refractivity contribution in [3.63, 3.8) is 0 Å². The third-order valence-corrected chi connectivity index (χ3v) is 4.31. The van der Waals surface area contributed by atoms with Crippen LogP contribution in [0.4, 0.5) is 0 Å². The molecule has 1 aromatic heterocycles. The maximum atomic E-state index is 10.5. The molecule has 0 aliphatic rings. The van der Waals surface area contributed by atoms with Gasteiger partial charge in [-0.1, -0.05) is 6.07 Å². The van der Waals surface area contributed by atoms with E-state index in [0.717, 1.165) is 19.7 Å². The zero-order valence-electron chi connectivity index (χ0n) is 8.95. The van der Waals surface area contributed by atoms with Gasteiger partial charge in [-0.2, -0.15) is 0 Å². The van der Waals surface area contributed by atoms with Crippen molar-refractivity contribution < 1.29 is 4.79 Å². The van der Waals surface area contributed by atoms with Crippen molar-refractivity contribution in [2.45, 2.75) is 19.4 Å². The molecular weight excluding hydrogens is 288 g/mol. The minimum Gasteiger partial charge on any atom is -0.347 e. The second kappa shape index (κ2) is 4.14. The molecule has 0 fully saturated rings. The molecule has 0 bridgehead atoms. The molecule has 1 heterocycles. The average molecular weight is 299 g/mol. The first-order chi connectivity index (χ1) is 7.54. The maximum absolute atomic E-state index is 10.5. The topological polar surface area (TPSA) is 42.0 Å². The molecular formula is C11H11BrN2OS. The number of nitrogens with one attached hydrogen (secondary N) is 1. The average Bonchev–Trinajstić information content (AvgIpc) is 2.63. The van der Waals surface area contributed by atoms with Crippen molar-refractivity contribution in [3.05, 3.63) is 27.7 Å². The van der Waals surface area contributed by atoms with Crippen molar-refractivity contribution in [2.75, 3.05) is 0 Å². The van der Waals surface area contributed by atoms with Crippen molar-refractivity contribution in [3.8, 4) is 0 Å². The second-order valence-corrected chi connectivity index (χ2v) is 5.88. The summed E-state index contributed by atoms with van der Waals surface area (Å²) in [6.07, 6.45) is 0.709. The molecule has 0 saturated heterocycles. The second-order valence-electron chi connectivity index (χ2n) is 3.99. The number of nitrogens with zero attached hydrogens (tertiary/aromatic N) is 1. The summed E-state index contributed by atoms with van der Waals surface area (Å²) in [5.41, 5.74) is 0.522. The number of carbonyl (C=O) groups excluding carboxylic acids is 1. The van der Waals surface area contributed by atoms with Crippen LogP contribution in [0.1, 0.15) is 18.9 Å². The Labute approximate surface area is 106 Å². The van der Waals surface area contributed by atoms with E-state index in [-0.39, 0.29) is 0 Å². The Morgan fingerprint density at radius 1 is 1.50 bits per heavy atom. The molecule has 0 unspecified atom stereocenters. The first-order valence-corrected chi connectivity index (χ1v) is 6.42. The van der Waals surface area contributed by atoms with Gasteiger partial charge in [-0.25, -0.2) is 4.98 Å². The highest BCUT2D eigenvalue weighted by Gasteiger charge is 2.24. The molecule has 0 radical (unpaired) electrons. The molecule has 2 aromatic rings. The third kappa shape index (κ3) is 1.97. The number of benzene rings is 1. The fourth-order valence-electron chi connectivity index (χ4n) is 1.39. The van der Waals surface area contributed by atoms with Crippen LogP contribution in [0, 0.1) is 0 Å². The fraction of sp³-hybridized carbons (Fsp3) is 0.273. The maximum Gasteiger partial charge on any atom is 0.207 e. The summed E-state index contributed by atoms with van der Waals surface area (Å²) >= 11 is 5.07. The van der Waals surface area contributed by atoms with E-state index >= 15 is 0 Å². The Bertz CT molecular complexity index is 536. The zero-order chi connectivity index (χ0) is 11.8. The van der Waals surface area contributed by atoms with E-state index in [1.165, 1.54) is 0 Å². The molecule has 2 rings (SSSR count). The van der Waals surface area contributed by atoms with E-state index in [4.69, 9.17) is 0 Å². The normalized spacial score (nSPS) is 11.7. The Balaban J connectivity index is 2.55.